The highest BCUT2D eigenvalue weighted by molar-refractivity contribution is 5.71. The normalized spacial score (nSPS) is 12.6. The summed E-state index contributed by atoms with van der Waals surface area (Å²) >= 11 is 0. The third-order valence-corrected chi connectivity index (χ3v) is 9.26. The molecule has 0 aliphatic rings. The Morgan fingerprint density at radius 3 is 1.20 bits per heavy atom. The second kappa shape index (κ2) is 42.8. The molecule has 0 aromatic carbocycles. The zero-order valence-electron chi connectivity index (χ0n) is 35.2. The van der Waals surface area contributed by atoms with Crippen LogP contribution >= 0.6 is 0 Å². The molecule has 6 nitrogen and oxygen atoms in total. The summed E-state index contributed by atoms with van der Waals surface area (Å²) in [5, 5.41) is 0. The van der Waals surface area contributed by atoms with Gasteiger partial charge in [-0.1, -0.05) is 165 Å². The Labute approximate surface area is 332 Å². The summed E-state index contributed by atoms with van der Waals surface area (Å²) in [4.78, 5) is 37.6. The smallest absolute Gasteiger partial charge is 0.306 e. The quantitative estimate of drug-likeness (QED) is 0.0269. The zero-order chi connectivity index (χ0) is 39.4. The molecule has 310 valence electrons. The molecule has 0 aromatic rings. The van der Waals surface area contributed by atoms with E-state index in [1.54, 1.807) is 0 Å². The van der Waals surface area contributed by atoms with Crippen LogP contribution < -0.4 is 0 Å². The van der Waals surface area contributed by atoms with Crippen molar-refractivity contribution in [3.05, 3.63) is 60.8 Å². The summed E-state index contributed by atoms with van der Waals surface area (Å²) in [7, 11) is 0. The Morgan fingerprint density at radius 1 is 0.389 bits per heavy atom. The minimum atomic E-state index is -0.790. The van der Waals surface area contributed by atoms with E-state index in [9.17, 15) is 14.4 Å². The third kappa shape index (κ3) is 40.3. The van der Waals surface area contributed by atoms with E-state index in [1.165, 1.54) is 70.6 Å². The fourth-order valence-corrected chi connectivity index (χ4v) is 5.90. The van der Waals surface area contributed by atoms with Gasteiger partial charge in [0.25, 0.3) is 0 Å². The van der Waals surface area contributed by atoms with Gasteiger partial charge in [-0.2, -0.15) is 0 Å². The first-order valence-corrected chi connectivity index (χ1v) is 22.3. The average molecular weight is 755 g/mol. The van der Waals surface area contributed by atoms with Crippen LogP contribution in [0.1, 0.15) is 207 Å². The molecule has 0 aromatic heterocycles. The van der Waals surface area contributed by atoms with Gasteiger partial charge in [0.05, 0.1) is 0 Å². The van der Waals surface area contributed by atoms with Crippen molar-refractivity contribution in [2.75, 3.05) is 13.2 Å². The lowest BCUT2D eigenvalue weighted by Gasteiger charge is -2.18. The number of unbranched alkanes of at least 4 members (excludes halogenated alkanes) is 18. The van der Waals surface area contributed by atoms with Crippen LogP contribution in [0.5, 0.6) is 0 Å². The average Bonchev–Trinajstić information content (AvgIpc) is 3.17. The van der Waals surface area contributed by atoms with Gasteiger partial charge in [-0.15, -0.1) is 0 Å². The summed E-state index contributed by atoms with van der Waals surface area (Å²) in [6, 6.07) is 0. The van der Waals surface area contributed by atoms with Gasteiger partial charge in [-0.3, -0.25) is 14.4 Å². The Balaban J connectivity index is 4.43. The molecule has 0 heterocycles. The zero-order valence-corrected chi connectivity index (χ0v) is 35.2. The van der Waals surface area contributed by atoms with Crippen LogP contribution in [0, 0.1) is 0 Å². The minimum Gasteiger partial charge on any atom is -0.462 e. The molecule has 0 amide bonds. The number of hydrogen-bond acceptors (Lipinski definition) is 6. The highest BCUT2D eigenvalue weighted by atomic mass is 16.6. The van der Waals surface area contributed by atoms with Gasteiger partial charge in [0.2, 0.25) is 0 Å². The lowest BCUT2D eigenvalue weighted by Crippen LogP contribution is -2.30. The number of ether oxygens (including phenoxy) is 3. The number of allylic oxidation sites excluding steroid dienone is 10. The number of hydrogen-bond donors (Lipinski definition) is 0. The fraction of sp³-hybridized carbons (Fsp3) is 0.729. The molecule has 0 N–H and O–H groups in total. The second-order valence-corrected chi connectivity index (χ2v) is 14.6. The SMILES string of the molecule is CC/C=C\C/C=C\C/C=C\C/C=C\CCCCC(=O)OCC(COC(=O)CCCCCCCCCC)OC(=O)CCCCCCC/C=C\CCCCCC. The van der Waals surface area contributed by atoms with Crippen molar-refractivity contribution >= 4 is 17.9 Å². The first-order valence-electron chi connectivity index (χ1n) is 22.3. The monoisotopic (exact) mass is 755 g/mol. The van der Waals surface area contributed by atoms with Gasteiger partial charge < -0.3 is 14.2 Å². The first-order chi connectivity index (χ1) is 26.5. The predicted octanol–water partition coefficient (Wildman–Crippen LogP) is 14.1. The topological polar surface area (TPSA) is 78.9 Å². The van der Waals surface area contributed by atoms with Gasteiger partial charge >= 0.3 is 17.9 Å². The van der Waals surface area contributed by atoms with E-state index in [4.69, 9.17) is 14.2 Å². The van der Waals surface area contributed by atoms with Gasteiger partial charge in [-0.05, 0) is 83.5 Å². The molecule has 0 radical (unpaired) electrons. The molecular weight excluding hydrogens is 673 g/mol. The molecule has 0 aliphatic carbocycles. The molecular formula is C48H82O6. The highest BCUT2D eigenvalue weighted by Crippen LogP contribution is 2.13. The van der Waals surface area contributed by atoms with E-state index in [0.29, 0.717) is 19.3 Å². The van der Waals surface area contributed by atoms with Crippen LogP contribution in [-0.2, 0) is 28.6 Å². The molecule has 0 fully saturated rings. The Kier molecular flexibility index (Phi) is 40.6. The lowest BCUT2D eigenvalue weighted by atomic mass is 10.1. The highest BCUT2D eigenvalue weighted by Gasteiger charge is 2.19. The van der Waals surface area contributed by atoms with Crippen molar-refractivity contribution in [3.63, 3.8) is 0 Å². The molecule has 54 heavy (non-hydrogen) atoms. The van der Waals surface area contributed by atoms with E-state index in [2.05, 4.69) is 81.5 Å². The number of esters is 3. The van der Waals surface area contributed by atoms with Crippen molar-refractivity contribution in [3.8, 4) is 0 Å². The van der Waals surface area contributed by atoms with Crippen molar-refractivity contribution in [1.82, 2.24) is 0 Å². The summed E-state index contributed by atoms with van der Waals surface area (Å²) in [6.45, 7) is 6.41. The number of rotatable bonds is 39. The van der Waals surface area contributed by atoms with Crippen molar-refractivity contribution < 1.29 is 28.6 Å². The minimum absolute atomic E-state index is 0.0905. The molecule has 0 aliphatic heterocycles. The number of carbonyl (C=O) groups excluding carboxylic acids is 3. The second-order valence-electron chi connectivity index (χ2n) is 14.6. The van der Waals surface area contributed by atoms with E-state index in [-0.39, 0.29) is 31.1 Å². The third-order valence-electron chi connectivity index (χ3n) is 9.26. The van der Waals surface area contributed by atoms with E-state index in [1.807, 2.05) is 0 Å². The molecule has 1 atom stereocenters. The number of carbonyl (C=O) groups is 3. The summed E-state index contributed by atoms with van der Waals surface area (Å²) in [6.07, 6.45) is 50.6. The van der Waals surface area contributed by atoms with Crippen LogP contribution in [0.4, 0.5) is 0 Å². The van der Waals surface area contributed by atoms with Crippen molar-refractivity contribution in [2.24, 2.45) is 0 Å². The van der Waals surface area contributed by atoms with Gasteiger partial charge in [0.1, 0.15) is 13.2 Å². The van der Waals surface area contributed by atoms with Crippen LogP contribution in [-0.4, -0.2) is 37.2 Å². The van der Waals surface area contributed by atoms with Crippen LogP contribution in [0.25, 0.3) is 0 Å². The standard InChI is InChI=1S/C48H82O6/c1-4-7-10-13-16-19-21-23-24-26-27-29-32-35-38-41-47(50)53-44-45(43-52-46(49)40-37-34-31-18-15-12-9-6-3)54-48(51)42-39-36-33-30-28-25-22-20-17-14-11-8-5-2/h7,10,16,19-20,22-24,27,29,45H,4-6,8-9,11-15,17-18,21,25-26,28,30-44H2,1-3H3/b10-7-,19-16-,22-20-,24-23-,29-27-. The van der Waals surface area contributed by atoms with Crippen LogP contribution in [0.3, 0.4) is 0 Å². The maximum Gasteiger partial charge on any atom is 0.306 e. The lowest BCUT2D eigenvalue weighted by molar-refractivity contribution is -0.167. The Morgan fingerprint density at radius 2 is 0.722 bits per heavy atom. The first kappa shape index (κ1) is 51.1. The molecule has 0 saturated carbocycles. The Hall–Kier alpha value is -2.89. The van der Waals surface area contributed by atoms with Gasteiger partial charge in [0, 0.05) is 19.3 Å². The van der Waals surface area contributed by atoms with Crippen molar-refractivity contribution in [1.29, 1.82) is 0 Å². The summed E-state index contributed by atoms with van der Waals surface area (Å²) in [5.41, 5.74) is 0. The van der Waals surface area contributed by atoms with E-state index in [0.717, 1.165) is 96.3 Å². The van der Waals surface area contributed by atoms with Crippen molar-refractivity contribution in [2.45, 2.75) is 213 Å². The maximum absolute atomic E-state index is 12.7. The largest absolute Gasteiger partial charge is 0.462 e. The van der Waals surface area contributed by atoms with E-state index >= 15 is 0 Å². The van der Waals surface area contributed by atoms with Gasteiger partial charge in [-0.25, -0.2) is 0 Å². The molecule has 6 heteroatoms. The fourth-order valence-electron chi connectivity index (χ4n) is 5.90. The summed E-state index contributed by atoms with van der Waals surface area (Å²) in [5.74, 6) is -0.951. The van der Waals surface area contributed by atoms with E-state index < -0.39 is 6.10 Å². The van der Waals surface area contributed by atoms with Crippen LogP contribution in [0.15, 0.2) is 60.8 Å². The van der Waals surface area contributed by atoms with Crippen LogP contribution in [0.2, 0.25) is 0 Å². The molecule has 0 bridgehead atoms. The molecule has 0 saturated heterocycles. The maximum atomic E-state index is 12.7. The molecule has 1 unspecified atom stereocenters. The predicted molar refractivity (Wildman–Crippen MR) is 228 cm³/mol. The van der Waals surface area contributed by atoms with Gasteiger partial charge in [0.15, 0.2) is 6.10 Å². The molecule has 0 spiro atoms. The summed E-state index contributed by atoms with van der Waals surface area (Å²) < 4.78 is 16.6. The molecule has 0 rings (SSSR count). The Bertz CT molecular complexity index is 1010.